The summed E-state index contributed by atoms with van der Waals surface area (Å²) in [4.78, 5) is 17.1. The summed E-state index contributed by atoms with van der Waals surface area (Å²) < 4.78 is 8.95. The molecule has 146 valence electrons. The van der Waals surface area contributed by atoms with E-state index in [1.54, 1.807) is 15.6 Å². The SMILES string of the molecule is CC(C)c1c(C(=O)OCc2ccn(-c3ccccc3)n2)cnn1-c1ccccn1. The van der Waals surface area contributed by atoms with Crippen molar-refractivity contribution < 1.29 is 9.53 Å². The number of ether oxygens (including phenoxy) is 1. The number of carbonyl (C=O) groups is 1. The first-order valence-corrected chi connectivity index (χ1v) is 9.40. The number of nitrogens with zero attached hydrogens (tertiary/aromatic N) is 5. The van der Waals surface area contributed by atoms with Crippen molar-refractivity contribution in [3.8, 4) is 11.5 Å². The van der Waals surface area contributed by atoms with Gasteiger partial charge in [-0.25, -0.2) is 19.1 Å². The number of aromatic nitrogens is 5. The molecule has 0 unspecified atom stereocenters. The molecule has 0 fully saturated rings. The molecule has 4 aromatic rings. The van der Waals surface area contributed by atoms with Gasteiger partial charge in [-0.2, -0.15) is 10.2 Å². The molecule has 0 saturated carbocycles. The van der Waals surface area contributed by atoms with Crippen molar-refractivity contribution in [3.63, 3.8) is 0 Å². The van der Waals surface area contributed by atoms with Crippen LogP contribution in [-0.2, 0) is 11.3 Å². The summed E-state index contributed by atoms with van der Waals surface area (Å²) in [5.74, 6) is 0.307. The highest BCUT2D eigenvalue weighted by molar-refractivity contribution is 5.90. The van der Waals surface area contributed by atoms with Gasteiger partial charge in [0.1, 0.15) is 17.9 Å². The minimum atomic E-state index is -0.426. The first-order chi connectivity index (χ1) is 14.1. The number of esters is 1. The van der Waals surface area contributed by atoms with Crippen LogP contribution in [-0.4, -0.2) is 30.5 Å². The van der Waals surface area contributed by atoms with Crippen LogP contribution in [0.2, 0.25) is 0 Å². The van der Waals surface area contributed by atoms with Crippen molar-refractivity contribution >= 4 is 5.97 Å². The minimum Gasteiger partial charge on any atom is -0.455 e. The van der Waals surface area contributed by atoms with Gasteiger partial charge >= 0.3 is 5.97 Å². The lowest BCUT2D eigenvalue weighted by Crippen LogP contribution is -2.12. The van der Waals surface area contributed by atoms with Gasteiger partial charge in [0.2, 0.25) is 0 Å². The van der Waals surface area contributed by atoms with Crippen molar-refractivity contribution in [3.05, 3.63) is 90.1 Å². The summed E-state index contributed by atoms with van der Waals surface area (Å²) in [5.41, 5.74) is 2.82. The monoisotopic (exact) mass is 387 g/mol. The second-order valence-electron chi connectivity index (χ2n) is 6.86. The highest BCUT2D eigenvalue weighted by Crippen LogP contribution is 2.23. The normalized spacial score (nSPS) is 11.0. The number of hydrogen-bond donors (Lipinski definition) is 0. The maximum Gasteiger partial charge on any atom is 0.342 e. The van der Waals surface area contributed by atoms with E-state index in [1.165, 1.54) is 6.20 Å². The molecular formula is C22H21N5O2. The van der Waals surface area contributed by atoms with Crippen LogP contribution in [0.25, 0.3) is 11.5 Å². The summed E-state index contributed by atoms with van der Waals surface area (Å²) in [7, 11) is 0. The Kier molecular flexibility index (Phi) is 5.20. The zero-order valence-electron chi connectivity index (χ0n) is 16.3. The van der Waals surface area contributed by atoms with E-state index in [0.717, 1.165) is 11.4 Å². The Morgan fingerprint density at radius 2 is 1.86 bits per heavy atom. The zero-order valence-corrected chi connectivity index (χ0v) is 16.3. The first kappa shape index (κ1) is 18.6. The average molecular weight is 387 g/mol. The molecule has 3 heterocycles. The quantitative estimate of drug-likeness (QED) is 0.469. The van der Waals surface area contributed by atoms with E-state index in [-0.39, 0.29) is 12.5 Å². The zero-order chi connectivity index (χ0) is 20.2. The molecule has 0 aliphatic carbocycles. The number of hydrogen-bond acceptors (Lipinski definition) is 5. The Morgan fingerprint density at radius 3 is 2.59 bits per heavy atom. The fraction of sp³-hybridized carbons (Fsp3) is 0.182. The smallest absolute Gasteiger partial charge is 0.342 e. The molecule has 3 aromatic heterocycles. The second-order valence-corrected chi connectivity index (χ2v) is 6.86. The van der Waals surface area contributed by atoms with E-state index in [4.69, 9.17) is 4.74 Å². The lowest BCUT2D eigenvalue weighted by atomic mass is 10.1. The molecule has 0 bridgehead atoms. The van der Waals surface area contributed by atoms with Gasteiger partial charge in [0.15, 0.2) is 5.82 Å². The molecule has 0 spiro atoms. The third kappa shape index (κ3) is 3.94. The van der Waals surface area contributed by atoms with Crippen molar-refractivity contribution in [2.75, 3.05) is 0 Å². The van der Waals surface area contributed by atoms with Gasteiger partial charge in [0, 0.05) is 12.4 Å². The van der Waals surface area contributed by atoms with Gasteiger partial charge < -0.3 is 4.74 Å². The van der Waals surface area contributed by atoms with Crippen molar-refractivity contribution in [1.82, 2.24) is 24.5 Å². The van der Waals surface area contributed by atoms with Gasteiger partial charge in [0.05, 0.1) is 17.6 Å². The topological polar surface area (TPSA) is 74.8 Å². The summed E-state index contributed by atoms with van der Waals surface area (Å²) in [6, 6.07) is 17.2. The maximum absolute atomic E-state index is 12.7. The first-order valence-electron chi connectivity index (χ1n) is 9.40. The van der Waals surface area contributed by atoms with Crippen LogP contribution in [0.1, 0.15) is 41.5 Å². The van der Waals surface area contributed by atoms with Gasteiger partial charge in [0.25, 0.3) is 0 Å². The summed E-state index contributed by atoms with van der Waals surface area (Å²) in [5, 5.41) is 8.83. The van der Waals surface area contributed by atoms with Gasteiger partial charge in [-0.3, -0.25) is 0 Å². The summed E-state index contributed by atoms with van der Waals surface area (Å²) >= 11 is 0. The highest BCUT2D eigenvalue weighted by atomic mass is 16.5. The number of para-hydroxylation sites is 1. The molecule has 0 aliphatic heterocycles. The molecule has 0 aliphatic rings. The van der Waals surface area contributed by atoms with Crippen LogP contribution < -0.4 is 0 Å². The molecule has 0 N–H and O–H groups in total. The number of pyridine rings is 1. The Hall–Kier alpha value is -3.74. The van der Waals surface area contributed by atoms with Crippen LogP contribution in [0.5, 0.6) is 0 Å². The molecule has 0 amide bonds. The standard InChI is InChI=1S/C22H21N5O2/c1-16(2)21-19(14-24-27(21)20-10-6-7-12-23-20)22(28)29-15-17-11-13-26(25-17)18-8-4-3-5-9-18/h3-14,16H,15H2,1-2H3. The van der Waals surface area contributed by atoms with Crippen LogP contribution in [0.15, 0.2) is 73.2 Å². The summed E-state index contributed by atoms with van der Waals surface area (Å²) in [6.45, 7) is 4.11. The summed E-state index contributed by atoms with van der Waals surface area (Å²) in [6.07, 6.45) is 5.08. The Labute approximate surface area is 168 Å². The fourth-order valence-corrected chi connectivity index (χ4v) is 3.11. The molecule has 7 nitrogen and oxygen atoms in total. The lowest BCUT2D eigenvalue weighted by molar-refractivity contribution is 0.0465. The van der Waals surface area contributed by atoms with Crippen molar-refractivity contribution in [1.29, 1.82) is 0 Å². The van der Waals surface area contributed by atoms with E-state index >= 15 is 0 Å². The van der Waals surface area contributed by atoms with Crippen LogP contribution >= 0.6 is 0 Å². The second kappa shape index (κ2) is 8.10. The fourth-order valence-electron chi connectivity index (χ4n) is 3.11. The third-order valence-corrected chi connectivity index (χ3v) is 4.46. The predicted octanol–water partition coefficient (Wildman–Crippen LogP) is 3.93. The third-order valence-electron chi connectivity index (χ3n) is 4.46. The van der Waals surface area contributed by atoms with E-state index in [9.17, 15) is 4.79 Å². The van der Waals surface area contributed by atoms with E-state index in [1.807, 2.05) is 74.6 Å². The lowest BCUT2D eigenvalue weighted by Gasteiger charge is -2.11. The number of rotatable bonds is 6. The Balaban J connectivity index is 1.51. The number of benzene rings is 1. The van der Waals surface area contributed by atoms with Gasteiger partial charge in [-0.1, -0.05) is 38.1 Å². The molecular weight excluding hydrogens is 366 g/mol. The molecule has 0 radical (unpaired) electrons. The van der Waals surface area contributed by atoms with E-state index in [2.05, 4.69) is 15.2 Å². The Morgan fingerprint density at radius 1 is 1.07 bits per heavy atom. The average Bonchev–Trinajstić information content (AvgIpc) is 3.41. The Bertz CT molecular complexity index is 1100. The molecule has 0 saturated heterocycles. The van der Waals surface area contributed by atoms with E-state index < -0.39 is 5.97 Å². The molecule has 0 atom stereocenters. The van der Waals surface area contributed by atoms with Crippen molar-refractivity contribution in [2.45, 2.75) is 26.4 Å². The largest absolute Gasteiger partial charge is 0.455 e. The number of carbonyl (C=O) groups excluding carboxylic acids is 1. The minimum absolute atomic E-state index is 0.0688. The molecule has 4 rings (SSSR count). The van der Waals surface area contributed by atoms with Crippen LogP contribution in [0, 0.1) is 0 Å². The van der Waals surface area contributed by atoms with Crippen LogP contribution in [0.4, 0.5) is 0 Å². The molecule has 7 heteroatoms. The van der Waals surface area contributed by atoms with Gasteiger partial charge in [-0.15, -0.1) is 0 Å². The van der Waals surface area contributed by atoms with Crippen molar-refractivity contribution in [2.24, 2.45) is 0 Å². The maximum atomic E-state index is 12.7. The van der Waals surface area contributed by atoms with E-state index in [0.29, 0.717) is 17.1 Å². The highest BCUT2D eigenvalue weighted by Gasteiger charge is 2.22. The molecule has 1 aromatic carbocycles. The predicted molar refractivity (Wildman–Crippen MR) is 108 cm³/mol. The van der Waals surface area contributed by atoms with Crippen LogP contribution in [0.3, 0.4) is 0 Å². The molecule has 29 heavy (non-hydrogen) atoms. The van der Waals surface area contributed by atoms with Gasteiger partial charge in [-0.05, 0) is 36.2 Å².